The molecule has 1 aliphatic rings. The molecule has 0 aliphatic heterocycles. The minimum atomic E-state index is -0.845. The second-order valence-corrected chi connectivity index (χ2v) is 6.70. The van der Waals surface area contributed by atoms with Crippen LogP contribution in [0.4, 0.5) is 10.1 Å². The molecule has 2 aromatic rings. The number of amides is 3. The smallest absolute Gasteiger partial charge is 0.329 e. The molecule has 2 aromatic carbocycles. The fourth-order valence-electron chi connectivity index (χ4n) is 2.45. The summed E-state index contributed by atoms with van der Waals surface area (Å²) in [5.41, 5.74) is 3.17. The molecule has 0 spiro atoms. The number of nitrogens with zero attached hydrogens (tertiary/aromatic N) is 1. The van der Waals surface area contributed by atoms with E-state index in [0.29, 0.717) is 22.7 Å². The van der Waals surface area contributed by atoms with Gasteiger partial charge in [0.1, 0.15) is 5.82 Å². The normalized spacial score (nSPS) is 12.8. The first kappa shape index (κ1) is 21.8. The Labute approximate surface area is 177 Å². The Bertz CT molecular complexity index is 990. The Morgan fingerprint density at radius 2 is 1.84 bits per heavy atom. The molecule has 1 fully saturated rings. The van der Waals surface area contributed by atoms with Crippen molar-refractivity contribution in [1.82, 2.24) is 10.7 Å². The number of halogens is 1. The Kier molecular flexibility index (Phi) is 7.15. The van der Waals surface area contributed by atoms with Crippen molar-refractivity contribution < 1.29 is 28.2 Å². The Hall–Kier alpha value is -3.95. The van der Waals surface area contributed by atoms with Gasteiger partial charge in [0, 0.05) is 11.7 Å². The van der Waals surface area contributed by atoms with Gasteiger partial charge in [-0.3, -0.25) is 14.4 Å². The lowest BCUT2D eigenvalue weighted by atomic mass is 10.2. The number of anilines is 1. The minimum Gasteiger partial charge on any atom is -0.493 e. The van der Waals surface area contributed by atoms with Crippen molar-refractivity contribution in [2.75, 3.05) is 19.0 Å². The van der Waals surface area contributed by atoms with E-state index in [-0.39, 0.29) is 12.6 Å². The molecule has 162 valence electrons. The number of benzene rings is 2. The van der Waals surface area contributed by atoms with Gasteiger partial charge in [0.15, 0.2) is 18.1 Å². The van der Waals surface area contributed by atoms with Crippen molar-refractivity contribution >= 4 is 29.6 Å². The van der Waals surface area contributed by atoms with Gasteiger partial charge in [0.2, 0.25) is 0 Å². The molecule has 0 radical (unpaired) electrons. The zero-order valence-electron chi connectivity index (χ0n) is 16.7. The van der Waals surface area contributed by atoms with Crippen LogP contribution in [0.2, 0.25) is 0 Å². The van der Waals surface area contributed by atoms with E-state index in [1.165, 1.54) is 37.6 Å². The summed E-state index contributed by atoms with van der Waals surface area (Å²) in [5.74, 6) is -1.73. The summed E-state index contributed by atoms with van der Waals surface area (Å²) in [6.07, 6.45) is 3.10. The fraction of sp³-hybridized carbons (Fsp3) is 0.238. The largest absolute Gasteiger partial charge is 0.493 e. The number of rotatable bonds is 8. The van der Waals surface area contributed by atoms with Gasteiger partial charge in [0.05, 0.1) is 13.3 Å². The predicted octanol–water partition coefficient (Wildman–Crippen LogP) is 1.58. The van der Waals surface area contributed by atoms with Gasteiger partial charge in [-0.25, -0.2) is 9.82 Å². The average molecular weight is 428 g/mol. The van der Waals surface area contributed by atoms with Crippen molar-refractivity contribution in [3.05, 3.63) is 53.8 Å². The Morgan fingerprint density at radius 1 is 1.10 bits per heavy atom. The summed E-state index contributed by atoms with van der Waals surface area (Å²) >= 11 is 0. The first-order valence-corrected chi connectivity index (χ1v) is 9.45. The molecule has 0 atom stereocenters. The van der Waals surface area contributed by atoms with Crippen LogP contribution in [0.15, 0.2) is 47.6 Å². The summed E-state index contributed by atoms with van der Waals surface area (Å²) in [6, 6.07) is 10.2. The molecular formula is C21H21FN4O5. The molecule has 1 aliphatic carbocycles. The summed E-state index contributed by atoms with van der Waals surface area (Å²) in [6.45, 7) is -0.284. The molecule has 0 saturated heterocycles. The first-order chi connectivity index (χ1) is 14.9. The molecule has 0 bridgehead atoms. The van der Waals surface area contributed by atoms with Gasteiger partial charge in [-0.1, -0.05) is 0 Å². The second-order valence-electron chi connectivity index (χ2n) is 6.70. The molecule has 0 unspecified atom stereocenters. The summed E-state index contributed by atoms with van der Waals surface area (Å²) in [4.78, 5) is 35.2. The van der Waals surface area contributed by atoms with E-state index >= 15 is 0 Å². The van der Waals surface area contributed by atoms with Gasteiger partial charge >= 0.3 is 11.8 Å². The molecule has 10 heteroatoms. The highest BCUT2D eigenvalue weighted by Gasteiger charge is 2.26. The van der Waals surface area contributed by atoms with E-state index in [4.69, 9.17) is 9.47 Å². The van der Waals surface area contributed by atoms with Crippen LogP contribution in [0.1, 0.15) is 18.4 Å². The van der Waals surface area contributed by atoms with Crippen molar-refractivity contribution in [2.45, 2.75) is 18.9 Å². The number of ether oxygens (including phenoxy) is 2. The van der Waals surface area contributed by atoms with Crippen LogP contribution >= 0.6 is 0 Å². The van der Waals surface area contributed by atoms with Gasteiger partial charge in [0.25, 0.3) is 5.91 Å². The third-order valence-corrected chi connectivity index (χ3v) is 4.17. The van der Waals surface area contributed by atoms with Gasteiger partial charge < -0.3 is 20.1 Å². The average Bonchev–Trinajstić information content (AvgIpc) is 3.58. The van der Waals surface area contributed by atoms with Crippen LogP contribution in [-0.2, 0) is 14.4 Å². The predicted molar refractivity (Wildman–Crippen MR) is 110 cm³/mol. The van der Waals surface area contributed by atoms with Crippen molar-refractivity contribution in [1.29, 1.82) is 0 Å². The van der Waals surface area contributed by atoms with E-state index in [1.54, 1.807) is 18.2 Å². The number of hydrogen-bond donors (Lipinski definition) is 3. The molecule has 9 nitrogen and oxygen atoms in total. The van der Waals surface area contributed by atoms with Gasteiger partial charge in [-0.2, -0.15) is 5.10 Å². The third kappa shape index (κ3) is 6.81. The van der Waals surface area contributed by atoms with Gasteiger partial charge in [-0.05, 0) is 60.9 Å². The fourth-order valence-corrected chi connectivity index (χ4v) is 2.45. The summed E-state index contributed by atoms with van der Waals surface area (Å²) in [5, 5.41) is 8.89. The minimum absolute atomic E-state index is 0.0804. The van der Waals surface area contributed by atoms with Crippen LogP contribution in [0.5, 0.6) is 11.5 Å². The maximum Gasteiger partial charge on any atom is 0.329 e. The maximum absolute atomic E-state index is 12.9. The van der Waals surface area contributed by atoms with E-state index in [9.17, 15) is 18.8 Å². The maximum atomic E-state index is 12.9. The van der Waals surface area contributed by atoms with E-state index in [0.717, 1.165) is 12.8 Å². The molecule has 3 rings (SSSR count). The lowest BCUT2D eigenvalue weighted by Gasteiger charge is -2.11. The Morgan fingerprint density at radius 3 is 2.52 bits per heavy atom. The third-order valence-electron chi connectivity index (χ3n) is 4.17. The number of carbonyl (C=O) groups excluding carboxylic acids is 3. The SMILES string of the molecule is COc1cc(/C=N\NC(=O)C(=O)NC2CC2)ccc1OCC(=O)Nc1ccc(F)cc1. The zero-order chi connectivity index (χ0) is 22.2. The summed E-state index contributed by atoms with van der Waals surface area (Å²) < 4.78 is 23.6. The number of nitrogens with one attached hydrogen (secondary N) is 3. The van der Waals surface area contributed by atoms with Crippen LogP contribution in [0, 0.1) is 5.82 Å². The van der Waals surface area contributed by atoms with Crippen LogP contribution in [0.25, 0.3) is 0 Å². The molecule has 1 saturated carbocycles. The van der Waals surface area contributed by atoms with Crippen LogP contribution in [-0.4, -0.2) is 43.7 Å². The van der Waals surface area contributed by atoms with E-state index in [1.807, 2.05) is 0 Å². The highest BCUT2D eigenvalue weighted by atomic mass is 19.1. The zero-order valence-corrected chi connectivity index (χ0v) is 16.7. The quantitative estimate of drug-likeness (QED) is 0.335. The van der Waals surface area contributed by atoms with Crippen molar-refractivity contribution in [3.63, 3.8) is 0 Å². The van der Waals surface area contributed by atoms with Crippen molar-refractivity contribution in [2.24, 2.45) is 5.10 Å². The summed E-state index contributed by atoms with van der Waals surface area (Å²) in [7, 11) is 1.44. The molecule has 31 heavy (non-hydrogen) atoms. The highest BCUT2D eigenvalue weighted by molar-refractivity contribution is 6.35. The van der Waals surface area contributed by atoms with Crippen molar-refractivity contribution in [3.8, 4) is 11.5 Å². The van der Waals surface area contributed by atoms with Gasteiger partial charge in [-0.15, -0.1) is 0 Å². The first-order valence-electron chi connectivity index (χ1n) is 9.45. The van der Waals surface area contributed by atoms with Crippen LogP contribution < -0.4 is 25.5 Å². The number of methoxy groups -OCH3 is 1. The molecule has 0 aromatic heterocycles. The highest BCUT2D eigenvalue weighted by Crippen LogP contribution is 2.27. The topological polar surface area (TPSA) is 118 Å². The molecule has 0 heterocycles. The van der Waals surface area contributed by atoms with Crippen LogP contribution in [0.3, 0.4) is 0 Å². The Balaban J connectivity index is 1.51. The molecule has 3 amide bonds. The monoisotopic (exact) mass is 428 g/mol. The van der Waals surface area contributed by atoms with E-state index in [2.05, 4.69) is 21.2 Å². The number of hydrogen-bond acceptors (Lipinski definition) is 6. The second kappa shape index (κ2) is 10.2. The molecular weight excluding hydrogens is 407 g/mol. The lowest BCUT2D eigenvalue weighted by molar-refractivity contribution is -0.139. The lowest BCUT2D eigenvalue weighted by Crippen LogP contribution is -2.38. The standard InChI is InChI=1S/C21H21FN4O5/c1-30-18-10-13(11-23-26-21(29)20(28)25-16-7-8-16)2-9-17(18)31-12-19(27)24-15-5-3-14(22)4-6-15/h2-6,9-11,16H,7-8,12H2,1H3,(H,24,27)(H,25,28)(H,26,29)/b23-11-. The number of carbonyl (C=O) groups is 3. The van der Waals surface area contributed by atoms with E-state index < -0.39 is 23.5 Å². The number of hydrazone groups is 1. The molecule has 3 N–H and O–H groups in total.